The number of ether oxygens (including phenoxy) is 1. The fourth-order valence-corrected chi connectivity index (χ4v) is 1.58. The molecular weight excluding hydrogens is 295 g/mol. The Morgan fingerprint density at radius 1 is 1.06 bits per heavy atom. The molecule has 3 nitrogen and oxygen atoms in total. The van der Waals surface area contributed by atoms with E-state index in [0.29, 0.717) is 17.3 Å². The fraction of sp³-hybridized carbons (Fsp3) is 0.167. The van der Waals surface area contributed by atoms with E-state index in [2.05, 4.69) is 9.97 Å². The predicted molar refractivity (Wildman–Crippen MR) is 72.5 cm³/mol. The van der Waals surface area contributed by atoms with Crippen molar-refractivity contribution >= 4 is 34.8 Å². The lowest BCUT2D eigenvalue weighted by atomic mass is 10.3. The predicted octanol–water partition coefficient (Wildman–Crippen LogP) is 4.40. The normalized spacial score (nSPS) is 11.3. The molecule has 0 fully saturated rings. The Hall–Kier alpha value is -1.03. The molecule has 1 aromatic carbocycles. The van der Waals surface area contributed by atoms with Crippen LogP contribution in [0.1, 0.15) is 11.5 Å². The summed E-state index contributed by atoms with van der Waals surface area (Å²) in [6, 6.07) is 10.9. The lowest BCUT2D eigenvalue weighted by Crippen LogP contribution is -2.08. The molecule has 0 spiro atoms. The summed E-state index contributed by atoms with van der Waals surface area (Å²) in [6.07, 6.45) is 0. The van der Waals surface area contributed by atoms with Crippen LogP contribution in [0.2, 0.25) is 0 Å². The molecule has 0 atom stereocenters. The molecule has 0 N–H and O–H groups in total. The van der Waals surface area contributed by atoms with E-state index in [-0.39, 0.29) is 5.82 Å². The van der Waals surface area contributed by atoms with Crippen molar-refractivity contribution in [2.45, 2.75) is 10.7 Å². The van der Waals surface area contributed by atoms with Crippen LogP contribution in [-0.2, 0) is 3.79 Å². The third kappa shape index (κ3) is 3.48. The largest absolute Gasteiger partial charge is 0.439 e. The Balaban J connectivity index is 2.32. The van der Waals surface area contributed by atoms with Gasteiger partial charge >= 0.3 is 0 Å². The first-order chi connectivity index (χ1) is 8.45. The SMILES string of the molecule is Cc1cc(Oc2ccccc2)nc(C(Cl)(Cl)Cl)n1. The molecule has 0 saturated carbocycles. The monoisotopic (exact) mass is 302 g/mol. The highest BCUT2D eigenvalue weighted by Crippen LogP contribution is 2.36. The van der Waals surface area contributed by atoms with Gasteiger partial charge in [0.15, 0.2) is 5.82 Å². The van der Waals surface area contributed by atoms with Gasteiger partial charge in [-0.3, -0.25) is 0 Å². The maximum absolute atomic E-state index is 5.76. The summed E-state index contributed by atoms with van der Waals surface area (Å²) in [5.74, 6) is 1.10. The summed E-state index contributed by atoms with van der Waals surface area (Å²) in [7, 11) is 0. The van der Waals surface area contributed by atoms with Gasteiger partial charge in [-0.1, -0.05) is 53.0 Å². The van der Waals surface area contributed by atoms with Crippen LogP contribution in [0.4, 0.5) is 0 Å². The summed E-state index contributed by atoms with van der Waals surface area (Å²) in [6.45, 7) is 1.78. The van der Waals surface area contributed by atoms with E-state index in [9.17, 15) is 0 Å². The second-order valence-electron chi connectivity index (χ2n) is 3.58. The molecule has 0 amide bonds. The van der Waals surface area contributed by atoms with Gasteiger partial charge in [0.2, 0.25) is 9.67 Å². The minimum atomic E-state index is -1.67. The molecule has 2 aromatic rings. The third-order valence-electron chi connectivity index (χ3n) is 2.05. The van der Waals surface area contributed by atoms with Gasteiger partial charge in [-0.2, -0.15) is 4.98 Å². The van der Waals surface area contributed by atoms with Gasteiger partial charge < -0.3 is 4.74 Å². The van der Waals surface area contributed by atoms with Crippen LogP contribution in [-0.4, -0.2) is 9.97 Å². The lowest BCUT2D eigenvalue weighted by molar-refractivity contribution is 0.458. The van der Waals surface area contributed by atoms with Gasteiger partial charge in [-0.15, -0.1) is 0 Å². The van der Waals surface area contributed by atoms with Crippen LogP contribution < -0.4 is 4.74 Å². The van der Waals surface area contributed by atoms with Crippen LogP contribution in [0.3, 0.4) is 0 Å². The van der Waals surface area contributed by atoms with Crippen LogP contribution in [0.5, 0.6) is 11.6 Å². The number of para-hydroxylation sites is 1. The van der Waals surface area contributed by atoms with Crippen LogP contribution >= 0.6 is 34.8 Å². The number of hydrogen-bond acceptors (Lipinski definition) is 3. The number of nitrogens with zero attached hydrogens (tertiary/aromatic N) is 2. The Morgan fingerprint density at radius 3 is 2.33 bits per heavy atom. The number of rotatable bonds is 2. The van der Waals surface area contributed by atoms with E-state index in [1.54, 1.807) is 13.0 Å². The minimum Gasteiger partial charge on any atom is -0.439 e. The van der Waals surface area contributed by atoms with Crippen molar-refractivity contribution in [2.24, 2.45) is 0 Å². The summed E-state index contributed by atoms with van der Waals surface area (Å²) >= 11 is 17.3. The number of benzene rings is 1. The first-order valence-corrected chi connectivity index (χ1v) is 6.24. The molecule has 18 heavy (non-hydrogen) atoms. The highest BCUT2D eigenvalue weighted by atomic mass is 35.6. The van der Waals surface area contributed by atoms with Crippen LogP contribution in [0.15, 0.2) is 36.4 Å². The summed E-state index contributed by atoms with van der Waals surface area (Å²) < 4.78 is 3.90. The smallest absolute Gasteiger partial charge is 0.250 e. The van der Waals surface area contributed by atoms with Gasteiger partial charge in [-0.05, 0) is 19.1 Å². The number of alkyl halides is 3. The second-order valence-corrected chi connectivity index (χ2v) is 5.87. The van der Waals surface area contributed by atoms with Crippen molar-refractivity contribution in [1.82, 2.24) is 9.97 Å². The number of halogens is 3. The molecule has 0 aliphatic carbocycles. The minimum absolute atomic E-state index is 0.0958. The van der Waals surface area contributed by atoms with Crippen molar-refractivity contribution in [3.8, 4) is 11.6 Å². The Morgan fingerprint density at radius 2 is 1.72 bits per heavy atom. The van der Waals surface area contributed by atoms with Crippen molar-refractivity contribution < 1.29 is 4.74 Å². The van der Waals surface area contributed by atoms with E-state index in [0.717, 1.165) is 0 Å². The molecule has 0 unspecified atom stereocenters. The Kier molecular flexibility index (Phi) is 3.95. The van der Waals surface area contributed by atoms with E-state index >= 15 is 0 Å². The topological polar surface area (TPSA) is 35.0 Å². The molecule has 1 heterocycles. The molecule has 2 rings (SSSR count). The van der Waals surface area contributed by atoms with Crippen LogP contribution in [0, 0.1) is 6.92 Å². The maximum Gasteiger partial charge on any atom is 0.250 e. The van der Waals surface area contributed by atoms with Gasteiger partial charge in [-0.25, -0.2) is 4.98 Å². The van der Waals surface area contributed by atoms with Gasteiger partial charge in [0.05, 0.1) is 0 Å². The van der Waals surface area contributed by atoms with Gasteiger partial charge in [0.25, 0.3) is 0 Å². The molecule has 0 saturated heterocycles. The van der Waals surface area contributed by atoms with Crippen molar-refractivity contribution in [1.29, 1.82) is 0 Å². The van der Waals surface area contributed by atoms with E-state index < -0.39 is 3.79 Å². The number of hydrogen-bond donors (Lipinski definition) is 0. The molecule has 0 radical (unpaired) electrons. The fourth-order valence-electron chi connectivity index (χ4n) is 1.33. The first-order valence-electron chi connectivity index (χ1n) is 5.11. The van der Waals surface area contributed by atoms with E-state index in [1.807, 2.05) is 30.3 Å². The Labute approximate surface area is 120 Å². The first kappa shape index (κ1) is 13.4. The zero-order valence-electron chi connectivity index (χ0n) is 9.40. The molecule has 0 aliphatic rings. The van der Waals surface area contributed by atoms with Crippen molar-refractivity contribution in [2.75, 3.05) is 0 Å². The lowest BCUT2D eigenvalue weighted by Gasteiger charge is -2.12. The molecule has 94 valence electrons. The molecular formula is C12H9Cl3N2O. The average molecular weight is 304 g/mol. The number of aromatic nitrogens is 2. The average Bonchev–Trinajstić information content (AvgIpc) is 2.28. The number of aryl methyl sites for hydroxylation is 1. The van der Waals surface area contributed by atoms with Crippen molar-refractivity contribution in [3.63, 3.8) is 0 Å². The molecule has 6 heteroatoms. The molecule has 0 bridgehead atoms. The standard InChI is InChI=1S/C12H9Cl3N2O/c1-8-7-10(17-11(16-8)12(13,14)15)18-9-5-3-2-4-6-9/h2-7H,1H3. The van der Waals surface area contributed by atoms with Gasteiger partial charge in [0.1, 0.15) is 5.75 Å². The third-order valence-corrected chi connectivity index (χ3v) is 2.56. The van der Waals surface area contributed by atoms with E-state index in [4.69, 9.17) is 39.5 Å². The highest BCUT2D eigenvalue weighted by molar-refractivity contribution is 6.66. The van der Waals surface area contributed by atoms with E-state index in [1.165, 1.54) is 0 Å². The second kappa shape index (κ2) is 5.31. The van der Waals surface area contributed by atoms with Crippen LogP contribution in [0.25, 0.3) is 0 Å². The zero-order chi connectivity index (χ0) is 13.2. The zero-order valence-corrected chi connectivity index (χ0v) is 11.7. The summed E-state index contributed by atoms with van der Waals surface area (Å²) in [4.78, 5) is 8.13. The molecule has 0 aliphatic heterocycles. The highest BCUT2D eigenvalue weighted by Gasteiger charge is 2.27. The quantitative estimate of drug-likeness (QED) is 0.771. The summed E-state index contributed by atoms with van der Waals surface area (Å²) in [5.41, 5.74) is 0.664. The Bertz CT molecular complexity index is 541. The molecule has 1 aromatic heterocycles. The van der Waals surface area contributed by atoms with Crippen molar-refractivity contribution in [3.05, 3.63) is 47.9 Å². The van der Waals surface area contributed by atoms with Gasteiger partial charge in [0, 0.05) is 11.8 Å². The maximum atomic E-state index is 5.76. The summed E-state index contributed by atoms with van der Waals surface area (Å²) in [5, 5.41) is 0.